The van der Waals surface area contributed by atoms with E-state index in [-0.39, 0.29) is 0 Å². The van der Waals surface area contributed by atoms with Crippen molar-refractivity contribution < 1.29 is 19.8 Å². The number of carbonyl (C=O) groups is 2. The first-order valence-electron chi connectivity index (χ1n) is 2.06. The van der Waals surface area contributed by atoms with E-state index in [9.17, 15) is 9.59 Å². The monoisotopic (exact) mass is 164 g/mol. The molecule has 7 heteroatoms. The summed E-state index contributed by atoms with van der Waals surface area (Å²) in [7, 11) is 0. The predicted octanol–water partition coefficient (Wildman–Crippen LogP) is -0.193. The van der Waals surface area contributed by atoms with Gasteiger partial charge in [-0.15, -0.1) is 0 Å². The zero-order valence-corrected chi connectivity index (χ0v) is 5.44. The molecule has 4 N–H and O–H groups in total. The fraction of sp³-hybridized carbons (Fsp3) is 0. The van der Waals surface area contributed by atoms with Gasteiger partial charge in [0.05, 0.1) is 0 Å². The van der Waals surface area contributed by atoms with Crippen molar-refractivity contribution in [2.45, 2.75) is 0 Å². The maximum Gasteiger partial charge on any atom is 0.410 e. The Morgan fingerprint density at radius 2 is 1.40 bits per heavy atom. The number of nitrogens with one attached hydrogen (secondary N) is 2. The third kappa shape index (κ3) is 4.78. The Morgan fingerprint density at radius 1 is 1.10 bits per heavy atom. The first-order chi connectivity index (χ1) is 4.52. The predicted molar refractivity (Wildman–Crippen MR) is 34.9 cm³/mol. The van der Waals surface area contributed by atoms with Gasteiger partial charge < -0.3 is 10.2 Å². The van der Waals surface area contributed by atoms with Crippen LogP contribution in [0, 0.1) is 0 Å². The van der Waals surface area contributed by atoms with Gasteiger partial charge in [0.25, 0.3) is 0 Å². The first kappa shape index (κ1) is 8.63. The molecule has 0 unspecified atom stereocenters. The molecule has 6 nitrogen and oxygen atoms in total. The minimum Gasteiger partial charge on any atom is -0.465 e. The molecule has 0 heterocycles. The van der Waals surface area contributed by atoms with Gasteiger partial charge in [-0.3, -0.25) is 10.6 Å². The SMILES string of the molecule is O=C(O)NC(=S)NC(=O)O. The van der Waals surface area contributed by atoms with Crippen LogP contribution in [-0.4, -0.2) is 27.5 Å². The van der Waals surface area contributed by atoms with Crippen molar-refractivity contribution in [2.24, 2.45) is 0 Å². The zero-order valence-electron chi connectivity index (χ0n) is 4.62. The average Bonchev–Trinajstić information content (AvgIpc) is 1.58. The van der Waals surface area contributed by atoms with E-state index in [0.29, 0.717) is 0 Å². The van der Waals surface area contributed by atoms with Crippen LogP contribution >= 0.6 is 12.2 Å². The van der Waals surface area contributed by atoms with Crippen molar-refractivity contribution in [3.63, 3.8) is 0 Å². The van der Waals surface area contributed by atoms with E-state index in [2.05, 4.69) is 12.2 Å². The second-order valence-electron chi connectivity index (χ2n) is 1.19. The lowest BCUT2D eigenvalue weighted by atomic mass is 10.9. The lowest BCUT2D eigenvalue weighted by Crippen LogP contribution is -2.40. The van der Waals surface area contributed by atoms with E-state index >= 15 is 0 Å². The molecule has 0 aromatic heterocycles. The lowest BCUT2D eigenvalue weighted by Gasteiger charge is -1.99. The number of hydrogen-bond donors (Lipinski definition) is 4. The molecule has 0 bridgehead atoms. The maximum atomic E-state index is 9.76. The van der Waals surface area contributed by atoms with Crippen molar-refractivity contribution in [3.05, 3.63) is 0 Å². The van der Waals surface area contributed by atoms with Gasteiger partial charge in [0.1, 0.15) is 0 Å². The third-order valence-electron chi connectivity index (χ3n) is 0.441. The van der Waals surface area contributed by atoms with E-state index in [1.54, 1.807) is 10.6 Å². The van der Waals surface area contributed by atoms with Crippen LogP contribution in [0.5, 0.6) is 0 Å². The van der Waals surface area contributed by atoms with Gasteiger partial charge in [-0.25, -0.2) is 9.59 Å². The summed E-state index contributed by atoms with van der Waals surface area (Å²) in [6.45, 7) is 0. The molecule has 0 atom stereocenters. The van der Waals surface area contributed by atoms with Crippen LogP contribution in [0.25, 0.3) is 0 Å². The molecule has 0 aromatic rings. The van der Waals surface area contributed by atoms with Crippen LogP contribution in [-0.2, 0) is 0 Å². The summed E-state index contributed by atoms with van der Waals surface area (Å²) < 4.78 is 0. The Bertz CT molecular complexity index is 161. The Morgan fingerprint density at radius 3 is 1.60 bits per heavy atom. The number of amides is 2. The smallest absolute Gasteiger partial charge is 0.410 e. The van der Waals surface area contributed by atoms with Gasteiger partial charge in [-0.05, 0) is 12.2 Å². The van der Waals surface area contributed by atoms with Gasteiger partial charge in [-0.2, -0.15) is 0 Å². The molecule has 0 radical (unpaired) electrons. The highest BCUT2D eigenvalue weighted by molar-refractivity contribution is 7.80. The van der Waals surface area contributed by atoms with Crippen LogP contribution in [0.3, 0.4) is 0 Å². The third-order valence-corrected chi connectivity index (χ3v) is 0.645. The highest BCUT2D eigenvalue weighted by Crippen LogP contribution is 1.67. The number of hydrogen-bond acceptors (Lipinski definition) is 3. The molecule has 0 saturated heterocycles. The number of thiocarbonyl (C=S) groups is 1. The van der Waals surface area contributed by atoms with Crippen molar-refractivity contribution in [2.75, 3.05) is 0 Å². The van der Waals surface area contributed by atoms with Crippen LogP contribution < -0.4 is 10.6 Å². The molecule has 10 heavy (non-hydrogen) atoms. The van der Waals surface area contributed by atoms with E-state index in [4.69, 9.17) is 10.2 Å². The number of rotatable bonds is 0. The normalized spacial score (nSPS) is 8.00. The van der Waals surface area contributed by atoms with Gasteiger partial charge in [0.2, 0.25) is 0 Å². The van der Waals surface area contributed by atoms with Crippen LogP contribution in [0.1, 0.15) is 0 Å². The van der Waals surface area contributed by atoms with Crippen LogP contribution in [0.4, 0.5) is 9.59 Å². The Kier molecular flexibility index (Phi) is 3.12. The Labute approximate surface area is 60.8 Å². The summed E-state index contributed by atoms with van der Waals surface area (Å²) in [6, 6.07) is 0. The molecular weight excluding hydrogens is 160 g/mol. The van der Waals surface area contributed by atoms with E-state index in [0.717, 1.165) is 0 Å². The summed E-state index contributed by atoms with van der Waals surface area (Å²) >= 11 is 4.22. The van der Waals surface area contributed by atoms with Crippen molar-refractivity contribution in [3.8, 4) is 0 Å². The summed E-state index contributed by atoms with van der Waals surface area (Å²) in [6.07, 6.45) is -2.81. The summed E-state index contributed by atoms with van der Waals surface area (Å²) in [4.78, 5) is 19.5. The topological polar surface area (TPSA) is 98.7 Å². The molecule has 2 amide bonds. The number of carboxylic acid groups (broad SMARTS) is 2. The molecule has 0 spiro atoms. The van der Waals surface area contributed by atoms with E-state index in [1.165, 1.54) is 0 Å². The van der Waals surface area contributed by atoms with Gasteiger partial charge in [0, 0.05) is 0 Å². The largest absolute Gasteiger partial charge is 0.465 e. The molecular formula is C3H4N2O4S. The fourth-order valence-corrected chi connectivity index (χ4v) is 0.400. The maximum absolute atomic E-state index is 9.76. The highest BCUT2D eigenvalue weighted by Gasteiger charge is 2.02. The Balaban J connectivity index is 3.65. The van der Waals surface area contributed by atoms with Crippen molar-refractivity contribution >= 4 is 29.5 Å². The molecule has 0 aromatic carbocycles. The van der Waals surface area contributed by atoms with Crippen molar-refractivity contribution in [1.29, 1.82) is 0 Å². The van der Waals surface area contributed by atoms with Gasteiger partial charge in [-0.1, -0.05) is 0 Å². The lowest BCUT2D eigenvalue weighted by molar-refractivity contribution is 0.197. The second kappa shape index (κ2) is 3.62. The average molecular weight is 164 g/mol. The first-order valence-corrected chi connectivity index (χ1v) is 2.47. The van der Waals surface area contributed by atoms with E-state index < -0.39 is 17.3 Å². The standard InChI is InChI=1S/C3H4N2O4S/c6-2(7)4-1(10)5-3(8)9/h(H,6,7)(H,8,9)(H2,4,5,10). The molecule has 0 aliphatic rings. The molecule has 0 aliphatic heterocycles. The fourth-order valence-electron chi connectivity index (χ4n) is 0.225. The summed E-state index contributed by atoms with van der Waals surface area (Å²) in [5, 5.41) is 18.7. The Hall–Kier alpha value is -1.37. The minimum atomic E-state index is -1.40. The van der Waals surface area contributed by atoms with Gasteiger partial charge >= 0.3 is 12.2 Å². The molecule has 0 saturated carbocycles. The zero-order chi connectivity index (χ0) is 8.15. The summed E-state index contributed by atoms with van der Waals surface area (Å²) in [5.74, 6) is 0. The molecule has 0 fully saturated rings. The van der Waals surface area contributed by atoms with Crippen molar-refractivity contribution in [1.82, 2.24) is 10.6 Å². The van der Waals surface area contributed by atoms with E-state index in [1.807, 2.05) is 0 Å². The molecule has 0 aliphatic carbocycles. The second-order valence-corrected chi connectivity index (χ2v) is 1.60. The minimum absolute atomic E-state index is 0.458. The highest BCUT2D eigenvalue weighted by atomic mass is 32.1. The molecule has 0 rings (SSSR count). The summed E-state index contributed by atoms with van der Waals surface area (Å²) in [5.41, 5.74) is 0. The van der Waals surface area contributed by atoms with Gasteiger partial charge in [0.15, 0.2) is 5.11 Å². The van der Waals surface area contributed by atoms with Crippen LogP contribution in [0.15, 0.2) is 0 Å². The molecule has 56 valence electrons. The quantitative estimate of drug-likeness (QED) is 0.372. The van der Waals surface area contributed by atoms with Crippen LogP contribution in [0.2, 0.25) is 0 Å².